The summed E-state index contributed by atoms with van der Waals surface area (Å²) in [7, 11) is 0. The highest BCUT2D eigenvalue weighted by atomic mass is 16.6. The van der Waals surface area contributed by atoms with Crippen LogP contribution in [0.4, 0.5) is 10.7 Å². The molecule has 0 bridgehead atoms. The van der Waals surface area contributed by atoms with Gasteiger partial charge in [0.25, 0.3) is 0 Å². The molecule has 144 valence electrons. The van der Waals surface area contributed by atoms with Crippen LogP contribution in [0.1, 0.15) is 39.2 Å². The molecule has 0 unspecified atom stereocenters. The molecule has 1 aromatic carbocycles. The van der Waals surface area contributed by atoms with Crippen molar-refractivity contribution < 1.29 is 14.3 Å². The summed E-state index contributed by atoms with van der Waals surface area (Å²) < 4.78 is 7.30. The summed E-state index contributed by atoms with van der Waals surface area (Å²) in [6.07, 6.45) is 4.41. The van der Waals surface area contributed by atoms with Gasteiger partial charge in [0.05, 0.1) is 6.54 Å². The van der Waals surface area contributed by atoms with Gasteiger partial charge in [-0.1, -0.05) is 30.3 Å². The Morgan fingerprint density at radius 3 is 2.70 bits per heavy atom. The molecule has 0 saturated carbocycles. The summed E-state index contributed by atoms with van der Waals surface area (Å²) in [5.41, 5.74) is 0.523. The predicted molar refractivity (Wildman–Crippen MR) is 102 cm³/mol. The zero-order valence-corrected chi connectivity index (χ0v) is 16.0. The lowest BCUT2D eigenvalue weighted by molar-refractivity contribution is -0.120. The highest BCUT2D eigenvalue weighted by Gasteiger charge is 2.37. The third-order valence-electron chi connectivity index (χ3n) is 4.33. The number of nitrogens with zero attached hydrogens (tertiary/aromatic N) is 3. The standard InChI is InChI=1S/C20H26N4O3/c1-20(2,3)27-19(26)24-12-7-10-16(24)17(25)22-18-21-11-13-23(18)14-15-8-5-4-6-9-15/h4-6,8-9,11,13,16H,7,10,12,14H2,1-3H3,(H,21,22,25)/t16-/m1/s1. The fourth-order valence-corrected chi connectivity index (χ4v) is 3.11. The van der Waals surface area contributed by atoms with E-state index < -0.39 is 17.7 Å². The summed E-state index contributed by atoms with van der Waals surface area (Å²) in [6.45, 7) is 6.58. The van der Waals surface area contributed by atoms with Gasteiger partial charge in [-0.2, -0.15) is 0 Å². The maximum absolute atomic E-state index is 12.8. The second-order valence-electron chi connectivity index (χ2n) is 7.69. The van der Waals surface area contributed by atoms with Crippen LogP contribution < -0.4 is 5.32 Å². The number of hydrogen-bond acceptors (Lipinski definition) is 4. The Kier molecular flexibility index (Phi) is 5.48. The lowest BCUT2D eigenvalue weighted by Gasteiger charge is -2.28. The molecular weight excluding hydrogens is 344 g/mol. The molecule has 0 aliphatic carbocycles. The average Bonchev–Trinajstić information content (AvgIpc) is 3.24. The summed E-state index contributed by atoms with van der Waals surface area (Å²) in [5.74, 6) is 0.235. The molecule has 1 aromatic heterocycles. The van der Waals surface area contributed by atoms with Gasteiger partial charge in [-0.25, -0.2) is 9.78 Å². The Hall–Kier alpha value is -2.83. The van der Waals surface area contributed by atoms with Crippen LogP contribution in [0.25, 0.3) is 0 Å². The minimum atomic E-state index is -0.591. The van der Waals surface area contributed by atoms with E-state index in [2.05, 4.69) is 10.3 Å². The van der Waals surface area contributed by atoms with E-state index in [4.69, 9.17) is 4.74 Å². The zero-order chi connectivity index (χ0) is 19.4. The topological polar surface area (TPSA) is 76.5 Å². The Bertz CT molecular complexity index is 795. The molecule has 1 N–H and O–H groups in total. The minimum absolute atomic E-state index is 0.237. The second kappa shape index (κ2) is 7.82. The number of benzene rings is 1. The van der Waals surface area contributed by atoms with Crippen LogP contribution in [0.2, 0.25) is 0 Å². The normalized spacial score (nSPS) is 17.0. The molecule has 2 amide bonds. The number of amides is 2. The average molecular weight is 370 g/mol. The van der Waals surface area contributed by atoms with Gasteiger partial charge in [0.2, 0.25) is 11.9 Å². The van der Waals surface area contributed by atoms with Crippen molar-refractivity contribution in [1.29, 1.82) is 0 Å². The Balaban J connectivity index is 1.67. The number of hydrogen-bond donors (Lipinski definition) is 1. The van der Waals surface area contributed by atoms with Crippen LogP contribution in [-0.2, 0) is 16.1 Å². The van der Waals surface area contributed by atoms with Crippen molar-refractivity contribution in [3.8, 4) is 0 Å². The monoisotopic (exact) mass is 370 g/mol. The first-order valence-electron chi connectivity index (χ1n) is 9.19. The molecule has 1 aliphatic rings. The molecule has 1 fully saturated rings. The van der Waals surface area contributed by atoms with Crippen LogP contribution in [0.15, 0.2) is 42.7 Å². The number of likely N-dealkylation sites (tertiary alicyclic amines) is 1. The highest BCUT2D eigenvalue weighted by Crippen LogP contribution is 2.22. The molecule has 0 radical (unpaired) electrons. The third-order valence-corrected chi connectivity index (χ3v) is 4.33. The van der Waals surface area contributed by atoms with Crippen molar-refractivity contribution in [3.63, 3.8) is 0 Å². The smallest absolute Gasteiger partial charge is 0.410 e. The zero-order valence-electron chi connectivity index (χ0n) is 16.0. The SMILES string of the molecule is CC(C)(C)OC(=O)N1CCC[C@@H]1C(=O)Nc1nccn1Cc1ccccc1. The Morgan fingerprint density at radius 1 is 1.26 bits per heavy atom. The number of imidazole rings is 1. The van der Waals surface area contributed by atoms with Crippen LogP contribution >= 0.6 is 0 Å². The first-order valence-corrected chi connectivity index (χ1v) is 9.19. The van der Waals surface area contributed by atoms with Crippen LogP contribution in [0.5, 0.6) is 0 Å². The van der Waals surface area contributed by atoms with E-state index in [1.165, 1.54) is 4.90 Å². The number of anilines is 1. The first-order chi connectivity index (χ1) is 12.8. The fourth-order valence-electron chi connectivity index (χ4n) is 3.11. The molecule has 2 aromatic rings. The van der Waals surface area contributed by atoms with Crippen molar-refractivity contribution in [2.75, 3.05) is 11.9 Å². The van der Waals surface area contributed by atoms with Crippen LogP contribution in [0.3, 0.4) is 0 Å². The van der Waals surface area contributed by atoms with E-state index in [0.29, 0.717) is 25.5 Å². The molecule has 1 saturated heterocycles. The number of carbonyl (C=O) groups excluding carboxylic acids is 2. The van der Waals surface area contributed by atoms with Gasteiger partial charge >= 0.3 is 6.09 Å². The first kappa shape index (κ1) is 18.9. The quantitative estimate of drug-likeness (QED) is 0.896. The summed E-state index contributed by atoms with van der Waals surface area (Å²) >= 11 is 0. The molecule has 1 aliphatic heterocycles. The molecule has 7 nitrogen and oxygen atoms in total. The summed E-state index contributed by atoms with van der Waals surface area (Å²) in [6, 6.07) is 9.41. The van der Waals surface area contributed by atoms with E-state index in [1.807, 2.05) is 61.9 Å². The predicted octanol–water partition coefficient (Wildman–Crippen LogP) is 3.27. The van der Waals surface area contributed by atoms with Crippen molar-refractivity contribution >= 4 is 17.9 Å². The molecule has 7 heteroatoms. The number of carbonyl (C=O) groups is 2. The van der Waals surface area contributed by atoms with E-state index in [0.717, 1.165) is 12.0 Å². The maximum atomic E-state index is 12.8. The van der Waals surface area contributed by atoms with Gasteiger partial charge in [0, 0.05) is 18.9 Å². The van der Waals surface area contributed by atoms with Gasteiger partial charge in [-0.15, -0.1) is 0 Å². The fraction of sp³-hybridized carbons (Fsp3) is 0.450. The van der Waals surface area contributed by atoms with Gasteiger partial charge in [-0.3, -0.25) is 15.0 Å². The van der Waals surface area contributed by atoms with E-state index in [-0.39, 0.29) is 5.91 Å². The Labute approximate surface area is 159 Å². The van der Waals surface area contributed by atoms with Crippen molar-refractivity contribution in [2.24, 2.45) is 0 Å². The lowest BCUT2D eigenvalue weighted by Crippen LogP contribution is -2.45. The summed E-state index contributed by atoms with van der Waals surface area (Å²) in [5, 5.41) is 2.86. The highest BCUT2D eigenvalue weighted by molar-refractivity contribution is 5.95. The van der Waals surface area contributed by atoms with Crippen LogP contribution in [0, 0.1) is 0 Å². The second-order valence-corrected chi connectivity index (χ2v) is 7.69. The summed E-state index contributed by atoms with van der Waals surface area (Å²) in [4.78, 5) is 30.9. The minimum Gasteiger partial charge on any atom is -0.444 e. The number of rotatable bonds is 4. The molecule has 2 heterocycles. The molecule has 0 spiro atoms. The number of nitrogens with one attached hydrogen (secondary N) is 1. The van der Waals surface area contributed by atoms with Crippen molar-refractivity contribution in [1.82, 2.24) is 14.5 Å². The molecule has 3 rings (SSSR count). The van der Waals surface area contributed by atoms with Gasteiger partial charge in [0.1, 0.15) is 11.6 Å². The molecular formula is C20H26N4O3. The third kappa shape index (κ3) is 4.87. The van der Waals surface area contributed by atoms with E-state index in [1.54, 1.807) is 6.20 Å². The lowest BCUT2D eigenvalue weighted by atomic mass is 10.2. The van der Waals surface area contributed by atoms with Gasteiger partial charge < -0.3 is 9.30 Å². The Morgan fingerprint density at radius 2 is 2.00 bits per heavy atom. The van der Waals surface area contributed by atoms with Gasteiger partial charge in [0.15, 0.2) is 0 Å². The molecule has 1 atom stereocenters. The van der Waals surface area contributed by atoms with E-state index >= 15 is 0 Å². The van der Waals surface area contributed by atoms with Crippen LogP contribution in [-0.4, -0.2) is 44.6 Å². The van der Waals surface area contributed by atoms with E-state index in [9.17, 15) is 9.59 Å². The number of aromatic nitrogens is 2. The van der Waals surface area contributed by atoms with Gasteiger partial charge in [-0.05, 0) is 39.2 Å². The van der Waals surface area contributed by atoms with Crippen molar-refractivity contribution in [2.45, 2.75) is 51.8 Å². The number of ether oxygens (including phenoxy) is 1. The maximum Gasteiger partial charge on any atom is 0.410 e. The largest absolute Gasteiger partial charge is 0.444 e. The van der Waals surface area contributed by atoms with Crippen molar-refractivity contribution in [3.05, 3.63) is 48.3 Å². The molecule has 27 heavy (non-hydrogen) atoms.